The van der Waals surface area contributed by atoms with Gasteiger partial charge in [-0.1, -0.05) is 12.8 Å². The van der Waals surface area contributed by atoms with Gasteiger partial charge in [-0.2, -0.15) is 0 Å². The number of aliphatic hydroxyl groups excluding tert-OH is 1. The van der Waals surface area contributed by atoms with Crippen molar-refractivity contribution in [2.24, 2.45) is 0 Å². The molecule has 114 valence electrons. The molecule has 1 saturated carbocycles. The summed E-state index contributed by atoms with van der Waals surface area (Å²) in [6, 6.07) is -1.44. The molecule has 1 aliphatic carbocycles. The third-order valence-electron chi connectivity index (χ3n) is 4.20. The lowest BCUT2D eigenvalue weighted by Gasteiger charge is -2.32. The van der Waals surface area contributed by atoms with Gasteiger partial charge >= 0.3 is 12.0 Å². The Balaban J connectivity index is 2.00. The number of amides is 2. The minimum atomic E-state index is -1.11. The maximum absolute atomic E-state index is 12.3. The second kappa shape index (κ2) is 5.57. The number of hydrogen-bond donors (Lipinski definition) is 3. The molecular weight excluding hydrogens is 264 g/mol. The number of carbonyl (C=O) groups excluding carboxylic acids is 1. The standard InChI is InChI=1S/C13H22N2O5/c1-14(8-13(20)4-2-3-5-13)12(19)15-7-9(16)6-10(15)11(17)18/h9-10,16,20H,2-8H2,1H3,(H,17,18)/t9?,10-/m0/s1. The van der Waals surface area contributed by atoms with Crippen LogP contribution < -0.4 is 0 Å². The molecular formula is C13H22N2O5. The van der Waals surface area contributed by atoms with E-state index in [-0.39, 0.29) is 19.5 Å². The van der Waals surface area contributed by atoms with Crippen molar-refractivity contribution in [2.75, 3.05) is 20.1 Å². The van der Waals surface area contributed by atoms with E-state index in [0.29, 0.717) is 12.8 Å². The van der Waals surface area contributed by atoms with Gasteiger partial charge in [0.25, 0.3) is 0 Å². The van der Waals surface area contributed by atoms with Gasteiger partial charge < -0.3 is 25.1 Å². The summed E-state index contributed by atoms with van der Waals surface area (Å²) in [4.78, 5) is 26.0. The zero-order valence-corrected chi connectivity index (χ0v) is 11.7. The molecule has 1 heterocycles. The molecule has 2 aliphatic rings. The fraction of sp³-hybridized carbons (Fsp3) is 0.846. The normalized spacial score (nSPS) is 28.6. The van der Waals surface area contributed by atoms with Gasteiger partial charge in [-0.25, -0.2) is 9.59 Å². The Bertz CT molecular complexity index is 394. The number of hydrogen-bond acceptors (Lipinski definition) is 4. The Kier molecular flexibility index (Phi) is 4.19. The molecule has 0 radical (unpaired) electrons. The molecule has 1 unspecified atom stereocenters. The van der Waals surface area contributed by atoms with Crippen molar-refractivity contribution in [3.05, 3.63) is 0 Å². The second-order valence-electron chi connectivity index (χ2n) is 5.97. The van der Waals surface area contributed by atoms with Crippen LogP contribution in [-0.2, 0) is 4.79 Å². The average Bonchev–Trinajstić information content (AvgIpc) is 2.94. The zero-order valence-electron chi connectivity index (χ0n) is 11.7. The number of nitrogens with zero attached hydrogens (tertiary/aromatic N) is 2. The summed E-state index contributed by atoms with van der Waals surface area (Å²) < 4.78 is 0. The predicted molar refractivity (Wildman–Crippen MR) is 70.2 cm³/mol. The summed E-state index contributed by atoms with van der Waals surface area (Å²) in [5.41, 5.74) is -0.860. The molecule has 1 saturated heterocycles. The van der Waals surface area contributed by atoms with Gasteiger partial charge in [0.15, 0.2) is 0 Å². The molecule has 0 aromatic heterocycles. The van der Waals surface area contributed by atoms with Crippen molar-refractivity contribution >= 4 is 12.0 Å². The van der Waals surface area contributed by atoms with Crippen molar-refractivity contribution in [3.8, 4) is 0 Å². The Morgan fingerprint density at radius 3 is 2.50 bits per heavy atom. The first-order valence-corrected chi connectivity index (χ1v) is 6.97. The molecule has 2 atom stereocenters. The summed E-state index contributed by atoms with van der Waals surface area (Å²) in [6.45, 7) is 0.226. The lowest BCUT2D eigenvalue weighted by molar-refractivity contribution is -0.141. The lowest BCUT2D eigenvalue weighted by atomic mass is 10.0. The van der Waals surface area contributed by atoms with Gasteiger partial charge in [0.05, 0.1) is 18.2 Å². The van der Waals surface area contributed by atoms with Crippen molar-refractivity contribution in [1.82, 2.24) is 9.80 Å². The molecule has 20 heavy (non-hydrogen) atoms. The Morgan fingerprint density at radius 2 is 1.95 bits per heavy atom. The highest BCUT2D eigenvalue weighted by molar-refractivity contribution is 5.83. The quantitative estimate of drug-likeness (QED) is 0.670. The van der Waals surface area contributed by atoms with Crippen LogP contribution in [0.1, 0.15) is 32.1 Å². The van der Waals surface area contributed by atoms with Crippen LogP contribution >= 0.6 is 0 Å². The molecule has 1 aliphatic heterocycles. The van der Waals surface area contributed by atoms with Crippen LogP contribution in [0.4, 0.5) is 4.79 Å². The lowest BCUT2D eigenvalue weighted by Crippen LogP contribution is -2.50. The number of aliphatic hydroxyl groups is 2. The van der Waals surface area contributed by atoms with Crippen LogP contribution in [0.5, 0.6) is 0 Å². The molecule has 2 rings (SSSR count). The Morgan fingerprint density at radius 1 is 1.35 bits per heavy atom. The maximum Gasteiger partial charge on any atom is 0.326 e. The van der Waals surface area contributed by atoms with Crippen molar-refractivity contribution in [3.63, 3.8) is 0 Å². The minimum Gasteiger partial charge on any atom is -0.480 e. The third-order valence-corrected chi connectivity index (χ3v) is 4.20. The molecule has 0 aromatic rings. The SMILES string of the molecule is CN(CC1(O)CCCC1)C(=O)N1CC(O)C[C@H]1C(=O)O. The van der Waals surface area contributed by atoms with Gasteiger partial charge in [0.2, 0.25) is 0 Å². The molecule has 0 spiro atoms. The van der Waals surface area contributed by atoms with E-state index in [1.54, 1.807) is 7.05 Å². The largest absolute Gasteiger partial charge is 0.480 e. The predicted octanol–water partition coefficient (Wildman–Crippen LogP) is -0.137. The molecule has 0 aromatic carbocycles. The number of carboxylic acid groups (broad SMARTS) is 1. The summed E-state index contributed by atoms with van der Waals surface area (Å²) in [5.74, 6) is -1.11. The van der Waals surface area contributed by atoms with Crippen LogP contribution in [0.2, 0.25) is 0 Å². The topological polar surface area (TPSA) is 101 Å². The third kappa shape index (κ3) is 3.04. The molecule has 7 nitrogen and oxygen atoms in total. The minimum absolute atomic E-state index is 0.0264. The summed E-state index contributed by atoms with van der Waals surface area (Å²) >= 11 is 0. The van der Waals surface area contributed by atoms with E-state index in [2.05, 4.69) is 0 Å². The molecule has 7 heteroatoms. The first-order valence-electron chi connectivity index (χ1n) is 6.97. The smallest absolute Gasteiger partial charge is 0.326 e. The average molecular weight is 286 g/mol. The number of carbonyl (C=O) groups is 2. The zero-order chi connectivity index (χ0) is 14.9. The first-order chi connectivity index (χ1) is 9.32. The molecule has 2 amide bonds. The van der Waals surface area contributed by atoms with Crippen LogP contribution in [0.15, 0.2) is 0 Å². The number of likely N-dealkylation sites (N-methyl/N-ethyl adjacent to an activating group) is 1. The van der Waals surface area contributed by atoms with Crippen LogP contribution in [-0.4, -0.2) is 75.0 Å². The van der Waals surface area contributed by atoms with Gasteiger partial charge in [-0.05, 0) is 12.8 Å². The number of carboxylic acids is 1. The molecule has 0 bridgehead atoms. The van der Waals surface area contributed by atoms with Crippen molar-refractivity contribution < 1.29 is 24.9 Å². The Labute approximate surface area is 117 Å². The van der Waals surface area contributed by atoms with E-state index in [9.17, 15) is 19.8 Å². The highest BCUT2D eigenvalue weighted by Gasteiger charge is 2.41. The second-order valence-corrected chi connectivity index (χ2v) is 5.97. The van der Waals surface area contributed by atoms with Crippen LogP contribution in [0.3, 0.4) is 0 Å². The van der Waals surface area contributed by atoms with Gasteiger partial charge in [0.1, 0.15) is 6.04 Å². The number of likely N-dealkylation sites (tertiary alicyclic amines) is 1. The first kappa shape index (κ1) is 15.1. The van der Waals surface area contributed by atoms with E-state index in [1.807, 2.05) is 0 Å². The number of β-amino-alcohol motifs (C(OH)–C–C–N with tert-alkyl or cyclic N) is 1. The summed E-state index contributed by atoms with van der Waals surface area (Å²) in [6.07, 6.45) is 2.46. The van der Waals surface area contributed by atoms with Gasteiger partial charge in [-0.15, -0.1) is 0 Å². The maximum atomic E-state index is 12.3. The van der Waals surface area contributed by atoms with E-state index in [1.165, 1.54) is 9.80 Å². The van der Waals surface area contributed by atoms with E-state index in [4.69, 9.17) is 5.11 Å². The molecule has 3 N–H and O–H groups in total. The monoisotopic (exact) mass is 286 g/mol. The van der Waals surface area contributed by atoms with E-state index >= 15 is 0 Å². The van der Waals surface area contributed by atoms with Crippen LogP contribution in [0.25, 0.3) is 0 Å². The van der Waals surface area contributed by atoms with Crippen molar-refractivity contribution in [1.29, 1.82) is 0 Å². The van der Waals surface area contributed by atoms with Gasteiger partial charge in [-0.3, -0.25) is 0 Å². The summed E-state index contributed by atoms with van der Waals surface area (Å²) in [7, 11) is 1.56. The Hall–Kier alpha value is -1.34. The van der Waals surface area contributed by atoms with Gasteiger partial charge in [0, 0.05) is 20.0 Å². The fourth-order valence-corrected chi connectivity index (χ4v) is 3.18. The van der Waals surface area contributed by atoms with Crippen molar-refractivity contribution in [2.45, 2.75) is 49.9 Å². The summed E-state index contributed by atoms with van der Waals surface area (Å²) in [5, 5.41) is 29.0. The highest BCUT2D eigenvalue weighted by Crippen LogP contribution is 2.30. The number of rotatable bonds is 3. The van der Waals surface area contributed by atoms with E-state index < -0.39 is 29.7 Å². The number of aliphatic carboxylic acids is 1. The van der Waals surface area contributed by atoms with E-state index in [0.717, 1.165) is 12.8 Å². The van der Waals surface area contributed by atoms with Crippen LogP contribution in [0, 0.1) is 0 Å². The highest BCUT2D eigenvalue weighted by atomic mass is 16.4. The fourth-order valence-electron chi connectivity index (χ4n) is 3.18. The molecule has 2 fully saturated rings. The number of urea groups is 1.